The maximum absolute atomic E-state index is 9.38. The van der Waals surface area contributed by atoms with Crippen LogP contribution in [0.4, 0.5) is 0 Å². The molecule has 1 aliphatic heterocycles. The van der Waals surface area contributed by atoms with Gasteiger partial charge in [0.1, 0.15) is 0 Å². The van der Waals surface area contributed by atoms with E-state index in [4.69, 9.17) is 0 Å². The molecule has 1 saturated heterocycles. The summed E-state index contributed by atoms with van der Waals surface area (Å²) in [6, 6.07) is 1.95. The molecule has 0 aromatic rings. The van der Waals surface area contributed by atoms with Crippen LogP contribution in [0.1, 0.15) is 52.4 Å². The summed E-state index contributed by atoms with van der Waals surface area (Å²) in [6.07, 6.45) is 7.88. The lowest BCUT2D eigenvalue weighted by Crippen LogP contribution is -2.55. The minimum Gasteiger partial charge on any atom is -0.396 e. The topological polar surface area (TPSA) is 35.5 Å². The molecule has 0 aromatic heterocycles. The highest BCUT2D eigenvalue weighted by Crippen LogP contribution is 2.27. The molecule has 0 unspecified atom stereocenters. The van der Waals surface area contributed by atoms with E-state index in [9.17, 15) is 5.11 Å². The predicted molar refractivity (Wildman–Crippen MR) is 75.7 cm³/mol. The molecule has 2 fully saturated rings. The molecule has 0 spiro atoms. The van der Waals surface area contributed by atoms with E-state index in [0.717, 1.165) is 6.54 Å². The first-order valence-electron chi connectivity index (χ1n) is 7.81. The van der Waals surface area contributed by atoms with Gasteiger partial charge in [0.25, 0.3) is 0 Å². The molecule has 2 rings (SSSR count). The van der Waals surface area contributed by atoms with Crippen molar-refractivity contribution in [2.75, 3.05) is 19.7 Å². The lowest BCUT2D eigenvalue weighted by molar-refractivity contribution is 0.0540. The van der Waals surface area contributed by atoms with Crippen molar-refractivity contribution in [2.24, 2.45) is 5.92 Å². The molecule has 18 heavy (non-hydrogen) atoms. The Hall–Kier alpha value is -0.120. The van der Waals surface area contributed by atoms with Gasteiger partial charge in [0.15, 0.2) is 0 Å². The Kier molecular flexibility index (Phi) is 5.46. The molecule has 0 radical (unpaired) electrons. The Balaban J connectivity index is 1.94. The minimum absolute atomic E-state index is 0.367. The number of hydrogen-bond donors (Lipinski definition) is 2. The van der Waals surface area contributed by atoms with Crippen LogP contribution in [0.25, 0.3) is 0 Å². The fourth-order valence-electron chi connectivity index (χ4n) is 3.72. The van der Waals surface area contributed by atoms with Crippen LogP contribution < -0.4 is 5.32 Å². The molecule has 2 N–H and O–H groups in total. The molecule has 3 nitrogen and oxygen atoms in total. The van der Waals surface area contributed by atoms with E-state index in [1.165, 1.54) is 45.1 Å². The van der Waals surface area contributed by atoms with Gasteiger partial charge in [0, 0.05) is 31.3 Å². The number of piperidine rings is 1. The van der Waals surface area contributed by atoms with Crippen molar-refractivity contribution in [1.82, 2.24) is 10.2 Å². The number of nitrogens with zero attached hydrogens (tertiary/aromatic N) is 1. The van der Waals surface area contributed by atoms with Gasteiger partial charge in [0.2, 0.25) is 0 Å². The molecule has 106 valence electrons. The van der Waals surface area contributed by atoms with E-state index in [0.29, 0.717) is 30.7 Å². The van der Waals surface area contributed by atoms with Crippen molar-refractivity contribution < 1.29 is 5.11 Å². The number of likely N-dealkylation sites (tertiary alicyclic amines) is 1. The molecule has 0 amide bonds. The molecule has 0 bridgehead atoms. The van der Waals surface area contributed by atoms with E-state index in [2.05, 4.69) is 24.1 Å². The monoisotopic (exact) mass is 254 g/mol. The maximum atomic E-state index is 9.38. The van der Waals surface area contributed by atoms with Crippen LogP contribution in [0.2, 0.25) is 0 Å². The predicted octanol–water partition coefficient (Wildman–Crippen LogP) is 2.00. The summed E-state index contributed by atoms with van der Waals surface area (Å²) < 4.78 is 0. The van der Waals surface area contributed by atoms with Crippen molar-refractivity contribution in [2.45, 2.75) is 70.5 Å². The first kappa shape index (κ1) is 14.3. The zero-order valence-corrected chi connectivity index (χ0v) is 12.1. The average Bonchev–Trinajstić information content (AvgIpc) is 2.39. The van der Waals surface area contributed by atoms with Crippen LogP contribution in [0.3, 0.4) is 0 Å². The number of aliphatic hydroxyl groups is 1. The summed E-state index contributed by atoms with van der Waals surface area (Å²) in [6.45, 7) is 7.21. The van der Waals surface area contributed by atoms with Crippen LogP contribution in [-0.2, 0) is 0 Å². The van der Waals surface area contributed by atoms with Crippen LogP contribution in [0, 0.1) is 5.92 Å². The minimum atomic E-state index is 0.367. The zero-order valence-electron chi connectivity index (χ0n) is 12.1. The van der Waals surface area contributed by atoms with Crippen LogP contribution in [-0.4, -0.2) is 47.8 Å². The van der Waals surface area contributed by atoms with Crippen LogP contribution in [0.5, 0.6) is 0 Å². The Labute approximate surface area is 112 Å². The highest BCUT2D eigenvalue weighted by Gasteiger charge is 2.32. The van der Waals surface area contributed by atoms with Crippen molar-refractivity contribution in [3.63, 3.8) is 0 Å². The maximum Gasteiger partial charge on any atom is 0.0471 e. The number of rotatable bonds is 4. The third-order valence-corrected chi connectivity index (χ3v) is 4.55. The average molecular weight is 254 g/mol. The SMILES string of the molecule is CC(C)N[C@H]1CCCC[C@@H]1N1CCC[C@@H](CO)C1. The zero-order chi connectivity index (χ0) is 13.0. The lowest BCUT2D eigenvalue weighted by Gasteiger charge is -2.44. The van der Waals surface area contributed by atoms with Gasteiger partial charge in [-0.1, -0.05) is 26.7 Å². The van der Waals surface area contributed by atoms with Gasteiger partial charge in [-0.3, -0.25) is 4.90 Å². The largest absolute Gasteiger partial charge is 0.396 e. The number of nitrogens with one attached hydrogen (secondary N) is 1. The van der Waals surface area contributed by atoms with Crippen molar-refractivity contribution in [1.29, 1.82) is 0 Å². The van der Waals surface area contributed by atoms with Crippen LogP contribution >= 0.6 is 0 Å². The summed E-state index contributed by atoms with van der Waals surface area (Å²) in [5.41, 5.74) is 0. The molecule has 1 aliphatic carbocycles. The smallest absolute Gasteiger partial charge is 0.0471 e. The number of aliphatic hydroxyl groups excluding tert-OH is 1. The van der Waals surface area contributed by atoms with Gasteiger partial charge in [0.05, 0.1) is 0 Å². The lowest BCUT2D eigenvalue weighted by atomic mass is 9.86. The van der Waals surface area contributed by atoms with Crippen molar-refractivity contribution >= 4 is 0 Å². The van der Waals surface area contributed by atoms with E-state index >= 15 is 0 Å². The summed E-state index contributed by atoms with van der Waals surface area (Å²) >= 11 is 0. The Morgan fingerprint density at radius 3 is 2.67 bits per heavy atom. The summed E-state index contributed by atoms with van der Waals surface area (Å²) in [5, 5.41) is 13.1. The third-order valence-electron chi connectivity index (χ3n) is 4.55. The van der Waals surface area contributed by atoms with Gasteiger partial charge in [-0.2, -0.15) is 0 Å². The first-order valence-corrected chi connectivity index (χ1v) is 7.81. The van der Waals surface area contributed by atoms with E-state index < -0.39 is 0 Å². The van der Waals surface area contributed by atoms with Crippen LogP contribution in [0.15, 0.2) is 0 Å². The molecule has 3 heteroatoms. The fourth-order valence-corrected chi connectivity index (χ4v) is 3.72. The van der Waals surface area contributed by atoms with E-state index in [1.807, 2.05) is 0 Å². The summed E-state index contributed by atoms with van der Waals surface area (Å²) in [4.78, 5) is 2.66. The first-order chi connectivity index (χ1) is 8.70. The molecule has 3 atom stereocenters. The van der Waals surface area contributed by atoms with Gasteiger partial charge in [-0.15, -0.1) is 0 Å². The van der Waals surface area contributed by atoms with Gasteiger partial charge < -0.3 is 10.4 Å². The summed E-state index contributed by atoms with van der Waals surface area (Å²) in [5.74, 6) is 0.514. The quantitative estimate of drug-likeness (QED) is 0.805. The second-order valence-electron chi connectivity index (χ2n) is 6.47. The van der Waals surface area contributed by atoms with Crippen molar-refractivity contribution in [3.8, 4) is 0 Å². The normalized spacial score (nSPS) is 35.0. The fraction of sp³-hybridized carbons (Fsp3) is 1.00. The Bertz CT molecular complexity index is 245. The second-order valence-corrected chi connectivity index (χ2v) is 6.47. The van der Waals surface area contributed by atoms with E-state index in [1.54, 1.807) is 0 Å². The highest BCUT2D eigenvalue weighted by atomic mass is 16.3. The molecule has 1 heterocycles. The highest BCUT2D eigenvalue weighted by molar-refractivity contribution is 4.91. The Morgan fingerprint density at radius 1 is 1.17 bits per heavy atom. The molecule has 2 aliphatic rings. The third kappa shape index (κ3) is 3.69. The molecular formula is C15H30N2O. The standard InChI is InChI=1S/C15H30N2O/c1-12(2)16-14-7-3-4-8-15(14)17-9-5-6-13(10-17)11-18/h12-16,18H,3-11H2,1-2H3/t13-,14+,15+/m1/s1. The van der Waals surface area contributed by atoms with Gasteiger partial charge in [-0.05, 0) is 38.1 Å². The molecule has 0 aromatic carbocycles. The van der Waals surface area contributed by atoms with Gasteiger partial charge in [-0.25, -0.2) is 0 Å². The molecular weight excluding hydrogens is 224 g/mol. The number of hydrogen-bond acceptors (Lipinski definition) is 3. The second kappa shape index (κ2) is 6.88. The van der Waals surface area contributed by atoms with Crippen molar-refractivity contribution in [3.05, 3.63) is 0 Å². The molecule has 1 saturated carbocycles. The van der Waals surface area contributed by atoms with Gasteiger partial charge >= 0.3 is 0 Å². The Morgan fingerprint density at radius 2 is 1.94 bits per heavy atom. The summed E-state index contributed by atoms with van der Waals surface area (Å²) in [7, 11) is 0. The van der Waals surface area contributed by atoms with E-state index in [-0.39, 0.29) is 0 Å².